The van der Waals surface area contributed by atoms with E-state index in [9.17, 15) is 18.0 Å². The number of ketones is 1. The second-order valence-electron chi connectivity index (χ2n) is 4.49. The zero-order valence-electron chi connectivity index (χ0n) is 10.2. The van der Waals surface area contributed by atoms with Gasteiger partial charge in [0.1, 0.15) is 5.75 Å². The topological polar surface area (TPSA) is 38.3 Å². The Morgan fingerprint density at radius 2 is 2.21 bits per heavy atom. The van der Waals surface area contributed by atoms with E-state index in [-0.39, 0.29) is 24.0 Å². The van der Waals surface area contributed by atoms with Crippen molar-refractivity contribution in [2.24, 2.45) is 0 Å². The second kappa shape index (κ2) is 5.61. The Balaban J connectivity index is 2.00. The van der Waals surface area contributed by atoms with E-state index in [4.69, 9.17) is 0 Å². The third-order valence-corrected chi connectivity index (χ3v) is 2.96. The Hall–Kier alpha value is -1.56. The number of hydrogen-bond donors (Lipinski definition) is 1. The second-order valence-corrected chi connectivity index (χ2v) is 4.49. The van der Waals surface area contributed by atoms with Crippen LogP contribution in [0.25, 0.3) is 0 Å². The minimum Gasteiger partial charge on any atom is -0.406 e. The van der Waals surface area contributed by atoms with Gasteiger partial charge in [0.15, 0.2) is 5.78 Å². The average molecular weight is 273 g/mol. The molecule has 1 N–H and O–H groups in total. The van der Waals surface area contributed by atoms with Gasteiger partial charge in [-0.3, -0.25) is 4.79 Å². The molecule has 1 atom stereocenters. The van der Waals surface area contributed by atoms with Crippen molar-refractivity contribution < 1.29 is 22.7 Å². The van der Waals surface area contributed by atoms with Crippen LogP contribution in [0.2, 0.25) is 0 Å². The number of nitrogens with one attached hydrogen (secondary N) is 1. The van der Waals surface area contributed by atoms with Gasteiger partial charge in [-0.15, -0.1) is 13.2 Å². The number of carbonyl (C=O) groups excluding carboxylic acids is 1. The van der Waals surface area contributed by atoms with Gasteiger partial charge in [-0.1, -0.05) is 12.1 Å². The molecule has 0 aliphatic carbocycles. The van der Waals surface area contributed by atoms with Gasteiger partial charge >= 0.3 is 6.36 Å². The highest BCUT2D eigenvalue weighted by Gasteiger charge is 2.31. The molecule has 104 valence electrons. The summed E-state index contributed by atoms with van der Waals surface area (Å²) < 4.78 is 40.1. The normalized spacial score (nSPS) is 19.4. The van der Waals surface area contributed by atoms with Gasteiger partial charge in [-0.2, -0.15) is 0 Å². The first-order valence-corrected chi connectivity index (χ1v) is 6.05. The highest BCUT2D eigenvalue weighted by Crippen LogP contribution is 2.23. The number of ether oxygens (including phenoxy) is 1. The number of carbonyl (C=O) groups is 1. The largest absolute Gasteiger partial charge is 0.573 e. The summed E-state index contributed by atoms with van der Waals surface area (Å²) >= 11 is 0. The van der Waals surface area contributed by atoms with Gasteiger partial charge < -0.3 is 10.1 Å². The molecule has 3 nitrogen and oxygen atoms in total. The summed E-state index contributed by atoms with van der Waals surface area (Å²) in [7, 11) is 0. The number of halogens is 3. The van der Waals surface area contributed by atoms with E-state index in [0.717, 1.165) is 19.4 Å². The summed E-state index contributed by atoms with van der Waals surface area (Å²) in [5.74, 6) is -0.293. The summed E-state index contributed by atoms with van der Waals surface area (Å²) in [6.45, 7) is 0.813. The molecule has 1 aliphatic heterocycles. The van der Waals surface area contributed by atoms with Crippen LogP contribution >= 0.6 is 0 Å². The van der Waals surface area contributed by atoms with Crippen LogP contribution in [0.5, 0.6) is 5.75 Å². The van der Waals surface area contributed by atoms with Crippen molar-refractivity contribution in [2.45, 2.75) is 31.7 Å². The SMILES string of the molecule is O=C(Cc1cccc(OC(F)(F)F)c1)[C@@H]1CCCN1. The maximum atomic E-state index is 12.1. The quantitative estimate of drug-likeness (QED) is 0.915. The fourth-order valence-corrected chi connectivity index (χ4v) is 2.14. The van der Waals surface area contributed by atoms with Crippen LogP contribution in [0.4, 0.5) is 13.2 Å². The number of hydrogen-bond acceptors (Lipinski definition) is 3. The first kappa shape index (κ1) is 13.9. The Bertz CT molecular complexity index is 453. The van der Waals surface area contributed by atoms with Crippen LogP contribution < -0.4 is 10.1 Å². The van der Waals surface area contributed by atoms with E-state index < -0.39 is 6.36 Å². The zero-order chi connectivity index (χ0) is 13.9. The molecule has 0 bridgehead atoms. The molecule has 0 saturated carbocycles. The predicted molar refractivity (Wildman–Crippen MR) is 62.9 cm³/mol. The van der Waals surface area contributed by atoms with Crippen molar-refractivity contribution in [3.05, 3.63) is 29.8 Å². The van der Waals surface area contributed by atoms with Crippen molar-refractivity contribution in [1.29, 1.82) is 0 Å². The molecule has 1 aromatic carbocycles. The van der Waals surface area contributed by atoms with Crippen LogP contribution in [0.15, 0.2) is 24.3 Å². The predicted octanol–water partition coefficient (Wildman–Crippen LogP) is 2.45. The van der Waals surface area contributed by atoms with Gasteiger partial charge in [0.2, 0.25) is 0 Å². The van der Waals surface area contributed by atoms with Crippen LogP contribution in [-0.4, -0.2) is 24.7 Å². The molecule has 0 aromatic heterocycles. The summed E-state index contributed by atoms with van der Waals surface area (Å²) in [5.41, 5.74) is 0.528. The molecular weight excluding hydrogens is 259 g/mol. The van der Waals surface area contributed by atoms with E-state index in [1.807, 2.05) is 0 Å². The molecule has 19 heavy (non-hydrogen) atoms. The standard InChI is InChI=1S/C13H14F3NO2/c14-13(15,16)19-10-4-1-3-9(7-10)8-12(18)11-5-2-6-17-11/h1,3-4,7,11,17H,2,5-6,8H2/t11-/m0/s1. The lowest BCUT2D eigenvalue weighted by molar-refractivity contribution is -0.274. The first-order valence-electron chi connectivity index (χ1n) is 6.05. The van der Waals surface area contributed by atoms with Crippen LogP contribution in [0, 0.1) is 0 Å². The molecule has 1 aromatic rings. The summed E-state index contributed by atoms with van der Waals surface area (Å²) in [6, 6.07) is 5.37. The Kier molecular flexibility index (Phi) is 4.09. The summed E-state index contributed by atoms with van der Waals surface area (Å²) in [6.07, 6.45) is -2.85. The van der Waals surface area contributed by atoms with Crippen LogP contribution in [0.1, 0.15) is 18.4 Å². The van der Waals surface area contributed by atoms with Gasteiger partial charge in [-0.05, 0) is 37.1 Å². The molecule has 0 amide bonds. The molecule has 0 radical (unpaired) electrons. The number of benzene rings is 1. The third kappa shape index (κ3) is 4.24. The van der Waals surface area contributed by atoms with E-state index in [2.05, 4.69) is 10.1 Å². The lowest BCUT2D eigenvalue weighted by atomic mass is 10.0. The number of Topliss-reactive ketones (excluding diaryl/α,β-unsaturated/α-hetero) is 1. The van der Waals surface area contributed by atoms with Gasteiger partial charge in [0.25, 0.3) is 0 Å². The molecular formula is C13H14F3NO2. The molecule has 0 unspecified atom stereocenters. The molecule has 2 rings (SSSR count). The molecule has 1 saturated heterocycles. The zero-order valence-corrected chi connectivity index (χ0v) is 10.2. The lowest BCUT2D eigenvalue weighted by Gasteiger charge is -2.11. The lowest BCUT2D eigenvalue weighted by Crippen LogP contribution is -2.31. The molecule has 1 aliphatic rings. The number of alkyl halides is 3. The molecule has 0 spiro atoms. The molecule has 6 heteroatoms. The van der Waals surface area contributed by atoms with E-state index in [0.29, 0.717) is 5.56 Å². The van der Waals surface area contributed by atoms with Crippen LogP contribution in [0.3, 0.4) is 0 Å². The fraction of sp³-hybridized carbons (Fsp3) is 0.462. The minimum absolute atomic E-state index is 0.00154. The van der Waals surface area contributed by atoms with Gasteiger partial charge in [0.05, 0.1) is 6.04 Å². The maximum Gasteiger partial charge on any atom is 0.573 e. The average Bonchev–Trinajstić information content (AvgIpc) is 2.80. The first-order chi connectivity index (χ1) is 8.94. The summed E-state index contributed by atoms with van der Waals surface area (Å²) in [5, 5.41) is 3.07. The highest BCUT2D eigenvalue weighted by atomic mass is 19.4. The Labute approximate surface area is 108 Å². The minimum atomic E-state index is -4.71. The van der Waals surface area contributed by atoms with E-state index in [1.54, 1.807) is 6.07 Å². The Morgan fingerprint density at radius 3 is 2.84 bits per heavy atom. The van der Waals surface area contributed by atoms with Gasteiger partial charge in [-0.25, -0.2) is 0 Å². The smallest absolute Gasteiger partial charge is 0.406 e. The van der Waals surface area contributed by atoms with Crippen LogP contribution in [-0.2, 0) is 11.2 Å². The van der Waals surface area contributed by atoms with Crippen molar-refractivity contribution >= 4 is 5.78 Å². The maximum absolute atomic E-state index is 12.1. The van der Waals surface area contributed by atoms with Crippen molar-refractivity contribution in [3.8, 4) is 5.75 Å². The highest BCUT2D eigenvalue weighted by molar-refractivity contribution is 5.86. The van der Waals surface area contributed by atoms with Gasteiger partial charge in [0, 0.05) is 6.42 Å². The van der Waals surface area contributed by atoms with E-state index >= 15 is 0 Å². The van der Waals surface area contributed by atoms with Crippen molar-refractivity contribution in [1.82, 2.24) is 5.32 Å². The van der Waals surface area contributed by atoms with E-state index in [1.165, 1.54) is 18.2 Å². The number of rotatable bonds is 4. The Morgan fingerprint density at radius 1 is 1.42 bits per heavy atom. The van der Waals surface area contributed by atoms with Crippen molar-refractivity contribution in [3.63, 3.8) is 0 Å². The third-order valence-electron chi connectivity index (χ3n) is 2.96. The fourth-order valence-electron chi connectivity index (χ4n) is 2.14. The summed E-state index contributed by atoms with van der Waals surface area (Å²) in [4.78, 5) is 11.9. The van der Waals surface area contributed by atoms with Crippen molar-refractivity contribution in [2.75, 3.05) is 6.54 Å². The molecule has 1 heterocycles. The molecule has 1 fully saturated rings. The monoisotopic (exact) mass is 273 g/mol.